The van der Waals surface area contributed by atoms with Gasteiger partial charge >= 0.3 is 0 Å². The van der Waals surface area contributed by atoms with Gasteiger partial charge in [-0.1, -0.05) is 23.2 Å². The molecule has 1 fully saturated rings. The number of nitrogens with one attached hydrogen (secondary N) is 2. The molecular weight excluding hydrogens is 339 g/mol. The Hall–Kier alpha value is -1.63. The maximum atomic E-state index is 12.0. The molecule has 0 saturated carbocycles. The number of nitrogens with zero attached hydrogens (tertiary/aromatic N) is 1. The Morgan fingerprint density at radius 1 is 1.22 bits per heavy atom. The maximum absolute atomic E-state index is 12.0. The highest BCUT2D eigenvalue weighted by molar-refractivity contribution is 6.42. The summed E-state index contributed by atoms with van der Waals surface area (Å²) in [5.74, 6) is 0.669. The smallest absolute Gasteiger partial charge is 0.246 e. The van der Waals surface area contributed by atoms with Crippen molar-refractivity contribution in [3.63, 3.8) is 0 Å². The molecule has 1 amide bonds. The van der Waals surface area contributed by atoms with Gasteiger partial charge in [-0.05, 0) is 44.1 Å². The predicted molar refractivity (Wildman–Crippen MR) is 89.9 cm³/mol. The van der Waals surface area contributed by atoms with Gasteiger partial charge in [-0.2, -0.15) is 0 Å². The Kier molecular flexibility index (Phi) is 4.84. The van der Waals surface area contributed by atoms with E-state index >= 15 is 0 Å². The molecule has 0 aromatic heterocycles. The lowest BCUT2D eigenvalue weighted by Gasteiger charge is -2.33. The number of halogens is 2. The van der Waals surface area contributed by atoms with E-state index in [-0.39, 0.29) is 18.4 Å². The van der Waals surface area contributed by atoms with Gasteiger partial charge in [-0.15, -0.1) is 0 Å². The van der Waals surface area contributed by atoms with Gasteiger partial charge in [0.15, 0.2) is 5.82 Å². The number of ether oxygens (including phenoxy) is 1. The predicted octanol–water partition coefficient (Wildman–Crippen LogP) is 2.13. The lowest BCUT2D eigenvalue weighted by atomic mass is 10.1. The van der Waals surface area contributed by atoms with E-state index < -0.39 is 0 Å². The number of hydrogen-bond acceptors (Lipinski definition) is 5. The second-order valence-corrected chi connectivity index (χ2v) is 6.34. The quantitative estimate of drug-likeness (QED) is 0.772. The van der Waals surface area contributed by atoms with Crippen LogP contribution in [0.5, 0.6) is 0 Å². The van der Waals surface area contributed by atoms with E-state index in [1.54, 1.807) is 18.2 Å². The van der Waals surface area contributed by atoms with Crippen LogP contribution in [0.2, 0.25) is 10.0 Å². The fourth-order valence-electron chi connectivity index (χ4n) is 2.63. The first-order valence-corrected chi connectivity index (χ1v) is 8.21. The van der Waals surface area contributed by atoms with Crippen LogP contribution in [0.25, 0.3) is 0 Å². The highest BCUT2D eigenvalue weighted by Gasteiger charge is 2.28. The van der Waals surface area contributed by atoms with Crippen molar-refractivity contribution in [1.82, 2.24) is 10.7 Å². The van der Waals surface area contributed by atoms with Crippen molar-refractivity contribution in [1.29, 1.82) is 0 Å². The second kappa shape index (κ2) is 6.86. The number of benzene rings is 1. The zero-order valence-corrected chi connectivity index (χ0v) is 14.0. The van der Waals surface area contributed by atoms with E-state index in [9.17, 15) is 4.79 Å². The third-order valence-corrected chi connectivity index (χ3v) is 4.58. The Bertz CT molecular complexity index is 644. The van der Waals surface area contributed by atoms with Crippen molar-refractivity contribution < 1.29 is 9.53 Å². The summed E-state index contributed by atoms with van der Waals surface area (Å²) in [6.45, 7) is 1.81. The first-order valence-electron chi connectivity index (χ1n) is 7.45. The summed E-state index contributed by atoms with van der Waals surface area (Å²) in [6, 6.07) is 5.03. The average Bonchev–Trinajstić information content (AvgIpc) is 2.54. The zero-order valence-electron chi connectivity index (χ0n) is 12.4. The Balaban J connectivity index is 1.85. The number of hydrazine groups is 1. The van der Waals surface area contributed by atoms with Gasteiger partial charge < -0.3 is 15.8 Å². The van der Waals surface area contributed by atoms with Gasteiger partial charge in [0.05, 0.1) is 22.2 Å². The number of carbonyl (C=O) groups is 1. The summed E-state index contributed by atoms with van der Waals surface area (Å²) in [5.41, 5.74) is 9.53. The van der Waals surface area contributed by atoms with Crippen molar-refractivity contribution in [3.8, 4) is 0 Å². The van der Waals surface area contributed by atoms with Gasteiger partial charge in [-0.25, -0.2) is 5.01 Å². The molecule has 1 aromatic carbocycles. The van der Waals surface area contributed by atoms with Gasteiger partial charge in [-0.3, -0.25) is 10.2 Å². The third kappa shape index (κ3) is 3.65. The second-order valence-electron chi connectivity index (χ2n) is 5.52. The number of hydrogen-bond donors (Lipinski definition) is 3. The Morgan fingerprint density at radius 3 is 2.65 bits per heavy atom. The lowest BCUT2D eigenvalue weighted by molar-refractivity contribution is -0.122. The summed E-state index contributed by atoms with van der Waals surface area (Å²) in [5, 5.41) is 5.57. The summed E-state index contributed by atoms with van der Waals surface area (Å²) >= 11 is 12.0. The normalized spacial score (nSPS) is 19.7. The van der Waals surface area contributed by atoms with E-state index in [2.05, 4.69) is 10.7 Å². The Morgan fingerprint density at radius 2 is 1.96 bits per heavy atom. The molecule has 0 radical (unpaired) electrons. The minimum atomic E-state index is -0.186. The first-order chi connectivity index (χ1) is 11.0. The topological polar surface area (TPSA) is 79.6 Å². The van der Waals surface area contributed by atoms with Crippen molar-refractivity contribution in [2.24, 2.45) is 5.73 Å². The van der Waals surface area contributed by atoms with Gasteiger partial charge in [0, 0.05) is 0 Å². The average molecular weight is 357 g/mol. The molecule has 2 aliphatic rings. The van der Waals surface area contributed by atoms with Crippen LogP contribution in [0, 0.1) is 0 Å². The molecule has 1 saturated heterocycles. The minimum Gasteiger partial charge on any atom is -0.490 e. The number of piperidine rings is 1. The summed E-state index contributed by atoms with van der Waals surface area (Å²) in [7, 11) is 0. The van der Waals surface area contributed by atoms with Gasteiger partial charge in [0.1, 0.15) is 11.9 Å². The third-order valence-electron chi connectivity index (χ3n) is 3.84. The molecule has 1 aromatic rings. The van der Waals surface area contributed by atoms with Crippen molar-refractivity contribution >= 4 is 34.8 Å². The number of nitrogens with two attached hydrogens (primary N) is 1. The highest BCUT2D eigenvalue weighted by Crippen LogP contribution is 2.30. The maximum Gasteiger partial charge on any atom is 0.246 e. The van der Waals surface area contributed by atoms with Crippen LogP contribution in [-0.2, 0) is 9.53 Å². The monoisotopic (exact) mass is 356 g/mol. The van der Waals surface area contributed by atoms with Crippen molar-refractivity contribution in [3.05, 3.63) is 39.8 Å². The number of carbonyl (C=O) groups excluding carboxylic acids is 1. The van der Waals surface area contributed by atoms with E-state index in [1.807, 2.05) is 0 Å². The molecule has 3 rings (SSSR count). The SMILES string of the molecule is NC1=C(OC2CCNCC2)CC(=O)NN1c1ccc(Cl)c(Cl)c1. The number of rotatable bonds is 3. The standard InChI is InChI=1S/C15H18Cl2N4O2/c16-11-2-1-9(7-12(11)17)21-15(18)13(8-14(22)20-21)23-10-3-5-19-6-4-10/h1-2,7,10,19H,3-6,8,18H2,(H,20,22). The molecule has 23 heavy (non-hydrogen) atoms. The van der Waals surface area contributed by atoms with Crippen LogP contribution in [0.4, 0.5) is 5.69 Å². The van der Waals surface area contributed by atoms with Crippen LogP contribution in [0.3, 0.4) is 0 Å². The van der Waals surface area contributed by atoms with E-state index in [0.717, 1.165) is 25.9 Å². The summed E-state index contributed by atoms with van der Waals surface area (Å²) < 4.78 is 5.97. The van der Waals surface area contributed by atoms with Gasteiger partial charge in [0.2, 0.25) is 5.91 Å². The van der Waals surface area contributed by atoms with E-state index in [1.165, 1.54) is 5.01 Å². The molecule has 4 N–H and O–H groups in total. The minimum absolute atomic E-state index is 0.0753. The molecule has 124 valence electrons. The van der Waals surface area contributed by atoms with Gasteiger partial charge in [0.25, 0.3) is 0 Å². The molecular formula is C15H18Cl2N4O2. The first kappa shape index (κ1) is 16.2. The van der Waals surface area contributed by atoms with Crippen molar-refractivity contribution in [2.75, 3.05) is 18.1 Å². The van der Waals surface area contributed by atoms with Crippen LogP contribution < -0.4 is 21.5 Å². The fourth-order valence-corrected chi connectivity index (χ4v) is 2.92. The van der Waals surface area contributed by atoms with E-state index in [4.69, 9.17) is 33.7 Å². The number of amides is 1. The van der Waals surface area contributed by atoms with Crippen molar-refractivity contribution in [2.45, 2.75) is 25.4 Å². The summed E-state index contributed by atoms with van der Waals surface area (Å²) in [4.78, 5) is 12.0. The van der Waals surface area contributed by atoms with Crippen LogP contribution in [0.1, 0.15) is 19.3 Å². The molecule has 0 spiro atoms. The van der Waals surface area contributed by atoms with Crippen LogP contribution in [-0.4, -0.2) is 25.1 Å². The highest BCUT2D eigenvalue weighted by atomic mass is 35.5. The molecule has 0 aliphatic carbocycles. The molecule has 2 heterocycles. The molecule has 8 heteroatoms. The zero-order chi connectivity index (χ0) is 16.4. The Labute approximate surface area is 144 Å². The molecule has 6 nitrogen and oxygen atoms in total. The van der Waals surface area contributed by atoms with E-state index in [0.29, 0.717) is 27.3 Å². The molecule has 0 bridgehead atoms. The summed E-state index contributed by atoms with van der Waals surface area (Å²) in [6.07, 6.45) is 2.00. The molecule has 2 aliphatic heterocycles. The van der Waals surface area contributed by atoms with Crippen LogP contribution >= 0.6 is 23.2 Å². The number of anilines is 1. The molecule has 0 atom stereocenters. The lowest BCUT2D eigenvalue weighted by Crippen LogP contribution is -2.49. The molecule has 0 unspecified atom stereocenters. The fraction of sp³-hybridized carbons (Fsp3) is 0.400. The largest absolute Gasteiger partial charge is 0.490 e. The van der Waals surface area contributed by atoms with Crippen LogP contribution in [0.15, 0.2) is 29.8 Å².